The third-order valence-corrected chi connectivity index (χ3v) is 2.90. The molecule has 126 valence electrons. The number of rotatable bonds is 11. The molecule has 0 aliphatic rings. The van der Waals surface area contributed by atoms with E-state index in [0.29, 0.717) is 0 Å². The van der Waals surface area contributed by atoms with Gasteiger partial charge in [-0.15, -0.1) is 0 Å². The van der Waals surface area contributed by atoms with E-state index in [1.807, 2.05) is 0 Å². The van der Waals surface area contributed by atoms with Gasteiger partial charge in [-0.05, 0) is 6.42 Å². The molecule has 0 bridgehead atoms. The molecule has 0 saturated carbocycles. The molecule has 3 atom stereocenters. The van der Waals surface area contributed by atoms with E-state index in [4.69, 9.17) is 26.2 Å². The number of carbonyl (C=O) groups is 4. The molecule has 0 fully saturated rings. The summed E-state index contributed by atoms with van der Waals surface area (Å²) in [5.74, 6) is -5.52. The molecule has 3 unspecified atom stereocenters. The number of nitrogens with one attached hydrogen (secondary N) is 1. The van der Waals surface area contributed by atoms with E-state index in [1.54, 1.807) is 0 Å². The quantitative estimate of drug-likeness (QED) is 0.235. The fourth-order valence-electron chi connectivity index (χ4n) is 1.56. The summed E-state index contributed by atoms with van der Waals surface area (Å²) in [6.45, 7) is -1.43. The predicted octanol–water partition coefficient (Wildman–Crippen LogP) is -2.69. The van der Waals surface area contributed by atoms with Gasteiger partial charge >= 0.3 is 11.9 Å². The van der Waals surface area contributed by atoms with E-state index in [-0.39, 0.29) is 6.42 Å². The zero-order valence-corrected chi connectivity index (χ0v) is 11.8. The lowest BCUT2D eigenvalue weighted by molar-refractivity contribution is -0.145. The van der Waals surface area contributed by atoms with Crippen molar-refractivity contribution in [2.75, 3.05) is 13.2 Å². The normalized spacial score (nSPS) is 14.7. The molecule has 0 rings (SSSR count). The van der Waals surface area contributed by atoms with Crippen molar-refractivity contribution in [3.05, 3.63) is 0 Å². The van der Waals surface area contributed by atoms with E-state index < -0.39 is 67.7 Å². The molecule has 10 nitrogen and oxygen atoms in total. The zero-order valence-electron chi connectivity index (χ0n) is 11.8. The van der Waals surface area contributed by atoms with Crippen LogP contribution < -0.4 is 11.1 Å². The average Bonchev–Trinajstić information content (AvgIpc) is 2.46. The van der Waals surface area contributed by atoms with Gasteiger partial charge in [0, 0.05) is 12.8 Å². The third-order valence-electron chi connectivity index (χ3n) is 2.90. The largest absolute Gasteiger partial charge is 0.481 e. The lowest BCUT2D eigenvalue weighted by Crippen LogP contribution is -2.50. The Labute approximate surface area is 125 Å². The Bertz CT molecular complexity index is 425. The van der Waals surface area contributed by atoms with Crippen LogP contribution in [0.4, 0.5) is 0 Å². The first-order valence-electron chi connectivity index (χ1n) is 6.47. The van der Waals surface area contributed by atoms with E-state index in [0.717, 1.165) is 0 Å². The highest BCUT2D eigenvalue weighted by Crippen LogP contribution is 2.09. The molecule has 0 radical (unpaired) electrons. The molecule has 22 heavy (non-hydrogen) atoms. The second-order valence-corrected chi connectivity index (χ2v) is 4.67. The summed E-state index contributed by atoms with van der Waals surface area (Å²) in [7, 11) is 0. The van der Waals surface area contributed by atoms with Crippen LogP contribution in [-0.4, -0.2) is 69.4 Å². The molecule has 0 saturated heterocycles. The van der Waals surface area contributed by atoms with E-state index in [2.05, 4.69) is 5.32 Å². The predicted molar refractivity (Wildman–Crippen MR) is 71.7 cm³/mol. The summed E-state index contributed by atoms with van der Waals surface area (Å²) >= 11 is 0. The van der Waals surface area contributed by atoms with Gasteiger partial charge in [-0.1, -0.05) is 0 Å². The van der Waals surface area contributed by atoms with Crippen LogP contribution in [0.5, 0.6) is 0 Å². The summed E-state index contributed by atoms with van der Waals surface area (Å²) in [5, 5.41) is 37.2. The van der Waals surface area contributed by atoms with Gasteiger partial charge < -0.3 is 31.5 Å². The fourth-order valence-corrected chi connectivity index (χ4v) is 1.56. The number of carboxylic acid groups (broad SMARTS) is 2. The Balaban J connectivity index is 4.89. The minimum absolute atomic E-state index is 0.254. The molecule has 0 aromatic heterocycles. The molecule has 10 heteroatoms. The van der Waals surface area contributed by atoms with Gasteiger partial charge in [-0.25, -0.2) is 0 Å². The molecule has 0 aliphatic heterocycles. The monoisotopic (exact) mass is 320 g/mol. The SMILES string of the molecule is NC(CO)C(=O)NC(CCC(=O)O)C(=O)CC(CO)C(=O)O. The van der Waals surface area contributed by atoms with Gasteiger partial charge in [0.05, 0.1) is 25.2 Å². The standard InChI is InChI=1S/C12H20N2O8/c13-7(5-16)11(20)14-8(1-2-10(18)19)9(17)3-6(4-15)12(21)22/h6-8,15-16H,1-5,13H2,(H,14,20)(H,18,19)(H,21,22). The molecule has 1 amide bonds. The Morgan fingerprint density at radius 1 is 1.05 bits per heavy atom. The topological polar surface area (TPSA) is 187 Å². The Hall–Kier alpha value is -2.04. The first kappa shape index (κ1) is 20.0. The van der Waals surface area contributed by atoms with Crippen molar-refractivity contribution in [3.63, 3.8) is 0 Å². The van der Waals surface area contributed by atoms with Gasteiger partial charge in [0.25, 0.3) is 0 Å². The summed E-state index contributed by atoms with van der Waals surface area (Å²) in [4.78, 5) is 44.9. The number of hydrogen-bond acceptors (Lipinski definition) is 7. The maximum atomic E-state index is 12.0. The number of hydrogen-bond donors (Lipinski definition) is 6. The van der Waals surface area contributed by atoms with Crippen molar-refractivity contribution >= 4 is 23.6 Å². The smallest absolute Gasteiger partial charge is 0.309 e. The number of aliphatic hydroxyl groups is 2. The maximum Gasteiger partial charge on any atom is 0.309 e. The second-order valence-electron chi connectivity index (χ2n) is 4.67. The highest BCUT2D eigenvalue weighted by Gasteiger charge is 2.28. The number of Topliss-reactive ketones (excluding diaryl/α,β-unsaturated/α-hetero) is 1. The van der Waals surface area contributed by atoms with Crippen LogP contribution in [0.1, 0.15) is 19.3 Å². The third kappa shape index (κ3) is 7.11. The van der Waals surface area contributed by atoms with Gasteiger partial charge in [-0.2, -0.15) is 0 Å². The highest BCUT2D eigenvalue weighted by molar-refractivity contribution is 5.92. The number of carboxylic acids is 2. The summed E-state index contributed by atoms with van der Waals surface area (Å²) < 4.78 is 0. The molecule has 0 heterocycles. The molecule has 0 aromatic rings. The van der Waals surface area contributed by atoms with Crippen LogP contribution in [-0.2, 0) is 19.2 Å². The minimum Gasteiger partial charge on any atom is -0.481 e. The van der Waals surface area contributed by atoms with Crippen molar-refractivity contribution in [3.8, 4) is 0 Å². The van der Waals surface area contributed by atoms with Crippen molar-refractivity contribution in [1.82, 2.24) is 5.32 Å². The van der Waals surface area contributed by atoms with Crippen LogP contribution in [0.15, 0.2) is 0 Å². The molecule has 0 aliphatic carbocycles. The molecular weight excluding hydrogens is 300 g/mol. The van der Waals surface area contributed by atoms with Gasteiger partial charge in [0.1, 0.15) is 6.04 Å². The number of amides is 1. The second kappa shape index (κ2) is 9.82. The van der Waals surface area contributed by atoms with Crippen molar-refractivity contribution in [1.29, 1.82) is 0 Å². The summed E-state index contributed by atoms with van der Waals surface area (Å²) in [6, 6.07) is -2.54. The molecular formula is C12H20N2O8. The number of aliphatic hydroxyl groups excluding tert-OH is 2. The number of ketones is 1. The van der Waals surface area contributed by atoms with Crippen LogP contribution >= 0.6 is 0 Å². The molecule has 7 N–H and O–H groups in total. The molecule has 0 aromatic carbocycles. The first-order chi connectivity index (χ1) is 10.2. The van der Waals surface area contributed by atoms with E-state index in [9.17, 15) is 19.2 Å². The zero-order chi connectivity index (χ0) is 17.3. The lowest BCUT2D eigenvalue weighted by atomic mass is 9.96. The van der Waals surface area contributed by atoms with Gasteiger partial charge in [0.15, 0.2) is 5.78 Å². The van der Waals surface area contributed by atoms with Crippen LogP contribution in [0.2, 0.25) is 0 Å². The maximum absolute atomic E-state index is 12.0. The summed E-state index contributed by atoms with van der Waals surface area (Å²) in [6.07, 6.45) is -1.25. The van der Waals surface area contributed by atoms with Crippen molar-refractivity contribution < 1.29 is 39.6 Å². The Kier molecular flexibility index (Phi) is 8.91. The lowest BCUT2D eigenvalue weighted by Gasteiger charge is -2.20. The average molecular weight is 320 g/mol. The highest BCUT2D eigenvalue weighted by atomic mass is 16.4. The summed E-state index contributed by atoms with van der Waals surface area (Å²) in [5.41, 5.74) is 5.27. The Morgan fingerprint density at radius 2 is 1.64 bits per heavy atom. The van der Waals surface area contributed by atoms with Gasteiger partial charge in [-0.3, -0.25) is 19.2 Å². The number of aliphatic carboxylic acids is 2. The van der Waals surface area contributed by atoms with E-state index in [1.165, 1.54) is 0 Å². The van der Waals surface area contributed by atoms with Crippen LogP contribution in [0.25, 0.3) is 0 Å². The van der Waals surface area contributed by atoms with E-state index >= 15 is 0 Å². The van der Waals surface area contributed by atoms with Crippen molar-refractivity contribution in [2.24, 2.45) is 11.7 Å². The molecule has 0 spiro atoms. The van der Waals surface area contributed by atoms with Crippen LogP contribution in [0.3, 0.4) is 0 Å². The number of nitrogens with two attached hydrogens (primary N) is 1. The van der Waals surface area contributed by atoms with Gasteiger partial charge in [0.2, 0.25) is 5.91 Å². The van der Waals surface area contributed by atoms with Crippen molar-refractivity contribution in [2.45, 2.75) is 31.3 Å². The Morgan fingerprint density at radius 3 is 2.05 bits per heavy atom. The number of carbonyl (C=O) groups excluding carboxylic acids is 2. The van der Waals surface area contributed by atoms with Crippen LogP contribution in [0, 0.1) is 5.92 Å². The fraction of sp³-hybridized carbons (Fsp3) is 0.667. The minimum atomic E-state index is -1.38. The first-order valence-corrected chi connectivity index (χ1v) is 6.47.